The molecule has 0 amide bonds. The Balaban J connectivity index is 0.000000105. The Bertz CT molecular complexity index is 9790. The van der Waals surface area contributed by atoms with Crippen LogP contribution in [0.25, 0.3) is 295 Å². The molecule has 0 N–H and O–H groups in total. The van der Waals surface area contributed by atoms with Crippen molar-refractivity contribution in [2.75, 3.05) is 0 Å². The molecule has 0 bridgehead atoms. The number of benzene rings is 17. The third kappa shape index (κ3) is 14.5. The summed E-state index contributed by atoms with van der Waals surface area (Å²) < 4.78 is 27.1. The molecule has 0 saturated carbocycles. The monoisotopic (exact) mass is 1900 g/mol. The second-order valence-corrected chi connectivity index (χ2v) is 38.8. The summed E-state index contributed by atoms with van der Waals surface area (Å²) in [6, 6.07) is 144. The van der Waals surface area contributed by atoms with Crippen molar-refractivity contribution < 1.29 is 13.3 Å². The largest absolute Gasteiger partial charge is 0.455 e. The van der Waals surface area contributed by atoms with E-state index in [0.29, 0.717) is 34.9 Å². The van der Waals surface area contributed by atoms with Crippen LogP contribution in [0.5, 0.6) is 0 Å². The lowest BCUT2D eigenvalue weighted by atomic mass is 9.93. The zero-order chi connectivity index (χ0) is 94.8. The van der Waals surface area contributed by atoms with Gasteiger partial charge in [0, 0.05) is 165 Å². The van der Waals surface area contributed by atoms with E-state index in [1.165, 1.54) is 55.8 Å². The van der Waals surface area contributed by atoms with Crippen LogP contribution in [0.2, 0.25) is 0 Å². The molecule has 30 aromatic rings. The van der Waals surface area contributed by atoms with Gasteiger partial charge in [-0.3, -0.25) is 9.97 Å². The first-order chi connectivity index (χ1) is 71.3. The zero-order valence-electron chi connectivity index (χ0n) is 76.5. The first kappa shape index (κ1) is 83.5. The molecule has 13 heterocycles. The van der Waals surface area contributed by atoms with E-state index in [4.69, 9.17) is 58.1 Å². The fourth-order valence-corrected chi connectivity index (χ4v) is 23.8. The minimum Gasteiger partial charge on any atom is -0.455 e. The van der Waals surface area contributed by atoms with Gasteiger partial charge in [0.15, 0.2) is 34.9 Å². The number of thiophene rings is 3. The molecular weight excluding hydrogens is 1820 g/mol. The van der Waals surface area contributed by atoms with Crippen LogP contribution >= 0.6 is 34.0 Å². The lowest BCUT2D eigenvalue weighted by Crippen LogP contribution is -2.00. The van der Waals surface area contributed by atoms with Crippen LogP contribution in [0, 0.1) is 0 Å². The Morgan fingerprint density at radius 2 is 0.424 bits per heavy atom. The summed E-state index contributed by atoms with van der Waals surface area (Å²) in [6.45, 7) is 0. The smallest absolute Gasteiger partial charge is 0.164 e. The Morgan fingerprint density at radius 1 is 0.167 bits per heavy atom. The Morgan fingerprint density at radius 3 is 0.771 bits per heavy atom. The van der Waals surface area contributed by atoms with E-state index < -0.39 is 0 Å². The number of hydrogen-bond donors (Lipinski definition) is 0. The normalized spacial score (nSPS) is 11.8. The maximum absolute atomic E-state index is 6.63. The number of pyridine rings is 5. The molecule has 672 valence electrons. The number of para-hydroxylation sites is 3. The van der Waals surface area contributed by atoms with Crippen LogP contribution in [-0.2, 0) is 0 Å². The van der Waals surface area contributed by atoms with Gasteiger partial charge in [-0.15, -0.1) is 34.0 Å². The Hall–Kier alpha value is -18.7. The minimum absolute atomic E-state index is 0.602. The fraction of sp³-hybridized carbons (Fsp3) is 0. The molecule has 30 rings (SSSR count). The van der Waals surface area contributed by atoms with E-state index in [1.807, 2.05) is 182 Å². The van der Waals surface area contributed by atoms with E-state index in [1.54, 1.807) is 46.4 Å². The van der Waals surface area contributed by atoms with Gasteiger partial charge < -0.3 is 13.3 Å². The molecule has 13 aromatic heterocycles. The first-order valence-corrected chi connectivity index (χ1v) is 50.0. The highest BCUT2D eigenvalue weighted by Crippen LogP contribution is 2.51. The minimum atomic E-state index is 0.602. The summed E-state index contributed by atoms with van der Waals surface area (Å²) in [5.74, 6) is 3.75. The van der Waals surface area contributed by atoms with E-state index >= 15 is 0 Å². The third-order valence-electron chi connectivity index (χ3n) is 27.1. The SMILES string of the molecule is c1ccc(-c2nc(-c3ccccc3)nc(-c3ccc(-c4nc5c(ccc6c7ccccc7sc65)c5oc6ccccc6c45)cc3)n2)cc1.c1ccc(-c2nc(-c3ccccc3)nc(-c3cccc(-c4nc5c(ccc6c7ccccc7sc65)c5oc6ccccc6c45)c3)n2)cc1.c1cncc(-c2cc(-c3ccc(-c4nc5c(ccc6c7ccccc7sc65)c5oc6ccccc6c45)cc3)cc(-c3cccnc3)c2)c1. The van der Waals surface area contributed by atoms with Crippen LogP contribution in [0.1, 0.15) is 0 Å². The van der Waals surface area contributed by atoms with Crippen LogP contribution in [0.15, 0.2) is 457 Å². The number of furan rings is 3. The summed E-state index contributed by atoms with van der Waals surface area (Å²) in [5, 5.41) is 16.7. The predicted octanol–water partition coefficient (Wildman–Crippen LogP) is 34.7. The average molecular weight is 1900 g/mol. The van der Waals surface area contributed by atoms with Crippen molar-refractivity contribution in [2.24, 2.45) is 0 Å². The van der Waals surface area contributed by atoms with Crippen LogP contribution < -0.4 is 0 Å². The number of aromatic nitrogens is 11. The van der Waals surface area contributed by atoms with Crippen molar-refractivity contribution in [3.8, 4) is 135 Å². The molecular formula is C127H73N11O3S3. The van der Waals surface area contributed by atoms with E-state index in [2.05, 4.69) is 259 Å². The predicted molar refractivity (Wildman–Crippen MR) is 593 cm³/mol. The van der Waals surface area contributed by atoms with Gasteiger partial charge in [0.2, 0.25) is 0 Å². The van der Waals surface area contributed by atoms with Crippen molar-refractivity contribution in [1.82, 2.24) is 54.8 Å². The Kier molecular flexibility index (Phi) is 20.2. The van der Waals surface area contributed by atoms with Crippen LogP contribution in [0.4, 0.5) is 0 Å². The van der Waals surface area contributed by atoms with Crippen molar-refractivity contribution >= 4 is 193 Å². The molecule has 0 atom stereocenters. The maximum atomic E-state index is 6.63. The van der Waals surface area contributed by atoms with Gasteiger partial charge in [-0.1, -0.05) is 328 Å². The van der Waals surface area contributed by atoms with Gasteiger partial charge in [-0.2, -0.15) is 0 Å². The number of rotatable bonds is 12. The zero-order valence-corrected chi connectivity index (χ0v) is 79.0. The second-order valence-electron chi connectivity index (χ2n) is 35.7. The molecule has 0 aliphatic rings. The lowest BCUT2D eigenvalue weighted by molar-refractivity contribution is 0.672. The number of fused-ring (bicyclic) bond motifs is 27. The topological polar surface area (TPSA) is 181 Å². The average Bonchev–Trinajstić information content (AvgIpc) is 1.57. The Labute approximate surface area is 833 Å². The van der Waals surface area contributed by atoms with Gasteiger partial charge in [0.05, 0.1) is 63.9 Å². The lowest BCUT2D eigenvalue weighted by Gasteiger charge is -2.12. The summed E-state index contributed by atoms with van der Waals surface area (Å²) in [5.41, 5.74) is 25.9. The molecule has 0 aliphatic carbocycles. The highest BCUT2D eigenvalue weighted by Gasteiger charge is 2.28. The first-order valence-electron chi connectivity index (χ1n) is 47.5. The molecule has 0 radical (unpaired) electrons. The molecule has 0 fully saturated rings. The molecule has 0 unspecified atom stereocenters. The van der Waals surface area contributed by atoms with Crippen LogP contribution in [0.3, 0.4) is 0 Å². The van der Waals surface area contributed by atoms with Crippen molar-refractivity contribution in [3.63, 3.8) is 0 Å². The van der Waals surface area contributed by atoms with Gasteiger partial charge in [-0.05, 0) is 113 Å². The molecule has 17 heteroatoms. The van der Waals surface area contributed by atoms with Crippen molar-refractivity contribution in [3.05, 3.63) is 443 Å². The summed E-state index contributed by atoms with van der Waals surface area (Å²) in [4.78, 5) is 54.7. The van der Waals surface area contributed by atoms with Crippen LogP contribution in [-0.4, -0.2) is 54.8 Å². The summed E-state index contributed by atoms with van der Waals surface area (Å²) >= 11 is 5.36. The van der Waals surface area contributed by atoms with Crippen molar-refractivity contribution in [1.29, 1.82) is 0 Å². The highest BCUT2D eigenvalue weighted by atomic mass is 32.1. The fourth-order valence-electron chi connectivity index (χ4n) is 20.2. The molecule has 0 spiro atoms. The van der Waals surface area contributed by atoms with Gasteiger partial charge in [-0.25, -0.2) is 44.9 Å². The van der Waals surface area contributed by atoms with E-state index in [0.717, 1.165) is 204 Å². The molecule has 0 aliphatic heterocycles. The molecule has 0 saturated heterocycles. The second kappa shape index (κ2) is 34.7. The van der Waals surface area contributed by atoms with E-state index in [9.17, 15) is 0 Å². The van der Waals surface area contributed by atoms with Gasteiger partial charge in [0.25, 0.3) is 0 Å². The van der Waals surface area contributed by atoms with Gasteiger partial charge >= 0.3 is 0 Å². The van der Waals surface area contributed by atoms with E-state index in [-0.39, 0.29) is 0 Å². The standard InChI is InChI=1S/C43H25N3OS.2C42H24N4OS/c1-3-11-37-35(10-1)39-40(46-41-36(42(39)47-37)18-17-34-33-9-2-4-12-38(33)48-43(34)41)27-15-13-26(14-16-27)30-21-31(28-7-5-19-44-24-28)23-32(22-30)29-8-6-20-45-25-29;1-3-12-25(13-4-1)40-44-41(26-14-5-2-6-15-26)46-42(45-40)28-17-11-16-27(24-28)36-35-31-19-7-9-20-33(31)47-38(35)32-23-22-30-29-18-8-10-21-34(29)48-39(30)37(32)43-36;1-3-11-26(12-4-1)40-44-41(27-13-5-2-6-14-27)46-42(45-40)28-21-19-25(20-22-28)36-35-31-16-7-9-17-33(31)47-38(35)32-24-23-30-29-15-8-10-18-34(29)48-39(30)37(32)43-36/h1-25H;2*1-24H. The van der Waals surface area contributed by atoms with Gasteiger partial charge in [0.1, 0.15) is 33.5 Å². The molecule has 17 aromatic carbocycles. The quantitative estimate of drug-likeness (QED) is 0.113. The number of hydrogen-bond acceptors (Lipinski definition) is 17. The highest BCUT2D eigenvalue weighted by molar-refractivity contribution is 7.27. The third-order valence-corrected chi connectivity index (χ3v) is 30.7. The summed E-state index contributed by atoms with van der Waals surface area (Å²) in [6.07, 6.45) is 7.44. The summed E-state index contributed by atoms with van der Waals surface area (Å²) in [7, 11) is 0. The number of nitrogens with zero attached hydrogens (tertiary/aromatic N) is 11. The molecule has 144 heavy (non-hydrogen) atoms. The molecule has 14 nitrogen and oxygen atoms in total. The van der Waals surface area contributed by atoms with Crippen molar-refractivity contribution in [2.45, 2.75) is 0 Å². The maximum Gasteiger partial charge on any atom is 0.164 e.